The Hall–Kier alpha value is -0.650. The highest BCUT2D eigenvalue weighted by Gasteiger charge is 2.18. The van der Waals surface area contributed by atoms with Gasteiger partial charge in [0.15, 0.2) is 0 Å². The third kappa shape index (κ3) is 16.8. The largest absolute Gasteiger partial charge is 0.433 e. The van der Waals surface area contributed by atoms with Crippen LogP contribution in [0, 0.1) is 5.92 Å². The summed E-state index contributed by atoms with van der Waals surface area (Å²) in [7, 11) is 0. The molecule has 0 radical (unpaired) electrons. The lowest BCUT2D eigenvalue weighted by atomic mass is 10.0. The van der Waals surface area contributed by atoms with Crippen molar-refractivity contribution >= 4 is 5.97 Å². The molecule has 0 bridgehead atoms. The summed E-state index contributed by atoms with van der Waals surface area (Å²) < 4.78 is 15.3. The van der Waals surface area contributed by atoms with Gasteiger partial charge in [-0.15, -0.1) is 0 Å². The summed E-state index contributed by atoms with van der Waals surface area (Å²) in [6, 6.07) is 0. The average molecular weight is 375 g/mol. The molecular formula is C21H42O5. The van der Waals surface area contributed by atoms with Crippen LogP contribution in [0.25, 0.3) is 0 Å². The molecule has 156 valence electrons. The van der Waals surface area contributed by atoms with Gasteiger partial charge >= 0.3 is 5.97 Å². The van der Waals surface area contributed by atoms with Crippen LogP contribution in [0.5, 0.6) is 0 Å². The second-order valence-corrected chi connectivity index (χ2v) is 7.04. The summed E-state index contributed by atoms with van der Waals surface area (Å²) in [4.78, 5) is 11.9. The second-order valence-electron chi connectivity index (χ2n) is 7.04. The number of esters is 1. The molecule has 26 heavy (non-hydrogen) atoms. The molecule has 5 heteroatoms. The molecule has 5 nitrogen and oxygen atoms in total. The van der Waals surface area contributed by atoms with Crippen molar-refractivity contribution in [2.24, 2.45) is 5.92 Å². The number of hydrogen-bond acceptors (Lipinski definition) is 5. The molecule has 0 aromatic heterocycles. The van der Waals surface area contributed by atoms with E-state index in [4.69, 9.17) is 14.2 Å². The van der Waals surface area contributed by atoms with Gasteiger partial charge in [-0.2, -0.15) is 0 Å². The first-order valence-corrected chi connectivity index (χ1v) is 10.7. The number of aliphatic hydroxyl groups is 1. The predicted octanol–water partition coefficient (Wildman–Crippen LogP) is 4.85. The first-order chi connectivity index (χ1) is 12.6. The van der Waals surface area contributed by atoms with Crippen LogP contribution in [0.15, 0.2) is 0 Å². The van der Waals surface area contributed by atoms with E-state index in [0.717, 1.165) is 19.3 Å². The van der Waals surface area contributed by atoms with Crippen molar-refractivity contribution in [3.05, 3.63) is 0 Å². The van der Waals surface area contributed by atoms with E-state index in [2.05, 4.69) is 6.92 Å². The molecule has 0 aliphatic rings. The van der Waals surface area contributed by atoms with Crippen LogP contribution < -0.4 is 0 Å². The summed E-state index contributed by atoms with van der Waals surface area (Å²) in [5.41, 5.74) is 0. The maximum atomic E-state index is 11.9. The predicted molar refractivity (Wildman–Crippen MR) is 105 cm³/mol. The van der Waals surface area contributed by atoms with Crippen molar-refractivity contribution in [1.82, 2.24) is 0 Å². The molecule has 0 spiro atoms. The number of rotatable bonds is 19. The van der Waals surface area contributed by atoms with Gasteiger partial charge in [-0.05, 0) is 13.3 Å². The highest BCUT2D eigenvalue weighted by Crippen LogP contribution is 2.15. The molecule has 0 rings (SSSR count). The quantitative estimate of drug-likeness (QED) is 0.199. The van der Waals surface area contributed by atoms with E-state index >= 15 is 0 Å². The van der Waals surface area contributed by atoms with Crippen molar-refractivity contribution < 1.29 is 24.1 Å². The van der Waals surface area contributed by atoms with E-state index in [-0.39, 0.29) is 18.5 Å². The minimum absolute atomic E-state index is 0.0101. The monoisotopic (exact) mass is 374 g/mol. The van der Waals surface area contributed by atoms with Crippen molar-refractivity contribution in [2.75, 3.05) is 26.4 Å². The molecule has 0 aromatic carbocycles. The maximum absolute atomic E-state index is 11.9. The van der Waals surface area contributed by atoms with Gasteiger partial charge < -0.3 is 19.3 Å². The van der Waals surface area contributed by atoms with Gasteiger partial charge in [-0.25, -0.2) is 0 Å². The lowest BCUT2D eigenvalue weighted by Crippen LogP contribution is -2.27. The van der Waals surface area contributed by atoms with Crippen LogP contribution in [-0.2, 0) is 19.0 Å². The highest BCUT2D eigenvalue weighted by atomic mass is 16.7. The number of carbonyl (C=O) groups is 1. The summed E-state index contributed by atoms with van der Waals surface area (Å²) in [6.07, 6.45) is 12.4. The lowest BCUT2D eigenvalue weighted by molar-refractivity contribution is -0.182. The molecule has 1 N–H and O–H groups in total. The Labute approximate surface area is 160 Å². The number of ether oxygens (including phenoxy) is 3. The van der Waals surface area contributed by atoms with Gasteiger partial charge in [0.05, 0.1) is 19.1 Å². The van der Waals surface area contributed by atoms with Crippen molar-refractivity contribution in [1.29, 1.82) is 0 Å². The van der Waals surface area contributed by atoms with Crippen LogP contribution in [0.4, 0.5) is 0 Å². The molecule has 0 aliphatic carbocycles. The van der Waals surface area contributed by atoms with Gasteiger partial charge in [-0.3, -0.25) is 4.79 Å². The van der Waals surface area contributed by atoms with Gasteiger partial charge in [0.25, 0.3) is 0 Å². The van der Waals surface area contributed by atoms with Crippen LogP contribution in [0.1, 0.15) is 91.4 Å². The van der Waals surface area contributed by atoms with Crippen LogP contribution in [-0.4, -0.2) is 43.8 Å². The van der Waals surface area contributed by atoms with Crippen LogP contribution in [0.2, 0.25) is 0 Å². The minimum atomic E-state index is -1.20. The van der Waals surface area contributed by atoms with Crippen LogP contribution in [0.3, 0.4) is 0 Å². The van der Waals surface area contributed by atoms with E-state index in [0.29, 0.717) is 19.8 Å². The zero-order chi connectivity index (χ0) is 19.5. The lowest BCUT2D eigenvalue weighted by Gasteiger charge is -2.16. The smallest absolute Gasteiger partial charge is 0.311 e. The van der Waals surface area contributed by atoms with E-state index in [1.54, 1.807) is 0 Å². The second kappa shape index (κ2) is 19.1. The molecule has 0 heterocycles. The first kappa shape index (κ1) is 25.4. The summed E-state index contributed by atoms with van der Waals surface area (Å²) >= 11 is 0. The van der Waals surface area contributed by atoms with Crippen molar-refractivity contribution in [3.63, 3.8) is 0 Å². The Bertz CT molecular complexity index is 309. The van der Waals surface area contributed by atoms with Crippen molar-refractivity contribution in [3.8, 4) is 0 Å². The van der Waals surface area contributed by atoms with E-state index in [9.17, 15) is 9.90 Å². The molecule has 0 aliphatic heterocycles. The topological polar surface area (TPSA) is 65.0 Å². The fourth-order valence-corrected chi connectivity index (χ4v) is 2.79. The zero-order valence-electron chi connectivity index (χ0n) is 17.3. The molecule has 2 unspecified atom stereocenters. The van der Waals surface area contributed by atoms with Gasteiger partial charge in [0.2, 0.25) is 6.29 Å². The maximum Gasteiger partial charge on any atom is 0.311 e. The third-order valence-corrected chi connectivity index (χ3v) is 4.48. The fourth-order valence-electron chi connectivity index (χ4n) is 2.79. The van der Waals surface area contributed by atoms with Gasteiger partial charge in [-0.1, -0.05) is 78.1 Å². The molecule has 0 aromatic rings. The third-order valence-electron chi connectivity index (χ3n) is 4.48. The van der Waals surface area contributed by atoms with E-state index < -0.39 is 6.29 Å². The van der Waals surface area contributed by atoms with Crippen molar-refractivity contribution in [2.45, 2.75) is 97.7 Å². The number of hydrogen-bond donors (Lipinski definition) is 1. The van der Waals surface area contributed by atoms with Gasteiger partial charge in [0, 0.05) is 6.61 Å². The highest BCUT2D eigenvalue weighted by molar-refractivity contribution is 5.72. The number of unbranched alkanes of at least 4 members (excludes halogenated alkanes) is 9. The summed E-state index contributed by atoms with van der Waals surface area (Å²) in [5, 5.41) is 9.66. The first-order valence-electron chi connectivity index (χ1n) is 10.7. The minimum Gasteiger partial charge on any atom is -0.433 e. The molecule has 0 saturated heterocycles. The molecular weight excluding hydrogens is 332 g/mol. The normalized spacial score (nSPS) is 13.5. The van der Waals surface area contributed by atoms with E-state index in [1.165, 1.54) is 51.4 Å². The molecule has 0 saturated carbocycles. The standard InChI is InChI=1S/C21H42O5/c1-4-6-7-8-9-10-11-12-13-14-15-19(3)21(23)26-20(22)18-25-17-16-24-5-2/h19-20,22H,4-18H2,1-3H3. The fraction of sp³-hybridized carbons (Fsp3) is 0.952. The SMILES string of the molecule is CCCCCCCCCCCCC(C)C(=O)OC(O)COCCOCC. The van der Waals surface area contributed by atoms with Crippen LogP contribution >= 0.6 is 0 Å². The molecule has 0 amide bonds. The summed E-state index contributed by atoms with van der Waals surface area (Å²) in [5.74, 6) is -0.524. The average Bonchev–Trinajstić information content (AvgIpc) is 2.62. The Kier molecular flexibility index (Phi) is 18.6. The van der Waals surface area contributed by atoms with Gasteiger partial charge in [0.1, 0.15) is 6.61 Å². The Morgan fingerprint density at radius 2 is 1.38 bits per heavy atom. The number of aliphatic hydroxyl groups excluding tert-OH is 1. The molecule has 0 fully saturated rings. The Balaban J connectivity index is 3.49. The Morgan fingerprint density at radius 1 is 0.846 bits per heavy atom. The van der Waals surface area contributed by atoms with E-state index in [1.807, 2.05) is 13.8 Å². The summed E-state index contributed by atoms with van der Waals surface area (Å²) in [6.45, 7) is 7.50. The zero-order valence-corrected chi connectivity index (χ0v) is 17.3. The number of carbonyl (C=O) groups excluding carboxylic acids is 1. The Morgan fingerprint density at radius 3 is 1.96 bits per heavy atom. The molecule has 2 atom stereocenters.